The molecule has 10 heteroatoms. The van der Waals surface area contributed by atoms with Crippen LogP contribution in [0.5, 0.6) is 0 Å². The summed E-state index contributed by atoms with van der Waals surface area (Å²) >= 11 is 2.26. The minimum absolute atomic E-state index is 0.0957. The topological polar surface area (TPSA) is 101 Å². The van der Waals surface area contributed by atoms with Crippen LogP contribution in [0.15, 0.2) is 67.4 Å². The van der Waals surface area contributed by atoms with Crippen LogP contribution in [-0.2, 0) is 21.7 Å². The third kappa shape index (κ3) is 4.55. The molecule has 2 aromatic carbocycles. The second-order valence-electron chi connectivity index (χ2n) is 10.7. The molecule has 0 aliphatic carbocycles. The molecule has 1 aromatic heterocycles. The van der Waals surface area contributed by atoms with Gasteiger partial charge < -0.3 is 19.5 Å². The molecule has 5 rings (SSSR count). The van der Waals surface area contributed by atoms with E-state index in [1.807, 2.05) is 68.5 Å². The van der Waals surface area contributed by atoms with Gasteiger partial charge in [0.2, 0.25) is 0 Å². The molecule has 3 aromatic rings. The molecule has 5 atom stereocenters. The monoisotopic (exact) mass is 644 g/mol. The summed E-state index contributed by atoms with van der Waals surface area (Å²) in [4.78, 5) is 27.2. The number of fused-ring (bicyclic) bond motifs is 2. The lowest BCUT2D eigenvalue weighted by atomic mass is 9.82. The molecule has 0 bridgehead atoms. The number of aliphatic hydroxyl groups excluding tert-OH is 1. The van der Waals surface area contributed by atoms with Crippen molar-refractivity contribution in [3.8, 4) is 0 Å². The highest BCUT2D eigenvalue weighted by Gasteiger charge is 2.66. The number of rotatable bonds is 8. The summed E-state index contributed by atoms with van der Waals surface area (Å²) < 4.78 is 9.53. The fourth-order valence-electron chi connectivity index (χ4n) is 6.24. The van der Waals surface area contributed by atoms with Crippen LogP contribution in [0.1, 0.15) is 36.3 Å². The third-order valence-electron chi connectivity index (χ3n) is 7.85. The maximum absolute atomic E-state index is 14.0. The molecular weight excluding hydrogens is 611 g/mol. The molecule has 1 saturated heterocycles. The summed E-state index contributed by atoms with van der Waals surface area (Å²) in [6.07, 6.45) is 2.81. The number of carbonyl (C=O) groups excluding carboxylic acids is 1. The Bertz CT molecular complexity index is 1340. The molecule has 2 aliphatic rings. The molecule has 38 heavy (non-hydrogen) atoms. The Kier molecular flexibility index (Phi) is 7.37. The number of hydrogen-bond acceptors (Lipinski definition) is 6. The van der Waals surface area contributed by atoms with Gasteiger partial charge in [0.1, 0.15) is 11.8 Å². The molecular formula is C28H33IN4O4Si. The normalized spacial score (nSPS) is 25.7. The molecule has 2 N–H and O–H groups in total. The molecule has 0 radical (unpaired) electrons. The number of halogens is 1. The average Bonchev–Trinajstić information content (AvgIpc) is 3.54. The average molecular weight is 645 g/mol. The number of aliphatic hydroxyl groups is 1. The van der Waals surface area contributed by atoms with Gasteiger partial charge in [-0.1, -0.05) is 48.5 Å². The van der Waals surface area contributed by atoms with Gasteiger partial charge in [-0.2, -0.15) is 0 Å². The number of benzene rings is 2. The van der Waals surface area contributed by atoms with Gasteiger partial charge in [-0.05, 0) is 65.9 Å². The number of nitrogens with zero attached hydrogens (tertiary/aromatic N) is 4. The lowest BCUT2D eigenvalue weighted by molar-refractivity contribution is -0.145. The van der Waals surface area contributed by atoms with Crippen molar-refractivity contribution in [1.29, 1.82) is 0 Å². The summed E-state index contributed by atoms with van der Waals surface area (Å²) in [5.74, 6) is -0.314. The van der Waals surface area contributed by atoms with E-state index in [1.54, 1.807) is 21.9 Å². The number of ether oxygens (including phenoxy) is 1. The summed E-state index contributed by atoms with van der Waals surface area (Å²) in [5, 5.41) is 19.1. The molecule has 0 unspecified atom stereocenters. The van der Waals surface area contributed by atoms with Crippen molar-refractivity contribution < 1.29 is 19.4 Å². The summed E-state index contributed by atoms with van der Waals surface area (Å²) in [6, 6.07) is 15.3. The molecule has 8 nitrogen and oxygen atoms in total. The Morgan fingerprint density at radius 1 is 1.26 bits per heavy atom. The van der Waals surface area contributed by atoms with Gasteiger partial charge in [-0.25, -0.2) is 0 Å². The Labute approximate surface area is 237 Å². The number of amides is 1. The zero-order valence-electron chi connectivity index (χ0n) is 21.8. The molecule has 2 aliphatic heterocycles. The van der Waals surface area contributed by atoms with E-state index in [9.17, 15) is 14.7 Å². The van der Waals surface area contributed by atoms with Crippen molar-refractivity contribution in [3.63, 3.8) is 0 Å². The fourth-order valence-corrected chi connectivity index (χ4v) is 9.34. The summed E-state index contributed by atoms with van der Waals surface area (Å²) in [5.41, 5.74) is 1.60. The highest BCUT2D eigenvalue weighted by molar-refractivity contribution is 14.1. The first kappa shape index (κ1) is 27.2. The first-order chi connectivity index (χ1) is 18.1. The standard InChI is InChI=1S/C28H33IN4O4Si/c1-5-14-33-23-12-11-20(29)16-21(23)28(27(33)35)18(2)26(38(3,4)36)24(37-28)13-15-32-17-22(30-31-32)25(34)19-9-7-6-8-10-19/h5-12,16-18,24-26,34,36H,1,13-15H2,2-4H3/t18-,24+,25-,26-,28+/m1/s1. The Hall–Kier alpha value is -2.38. The Morgan fingerprint density at radius 3 is 2.68 bits per heavy atom. The van der Waals surface area contributed by atoms with Crippen molar-refractivity contribution in [2.24, 2.45) is 5.92 Å². The van der Waals surface area contributed by atoms with Crippen LogP contribution in [0.25, 0.3) is 0 Å². The molecule has 3 heterocycles. The fraction of sp³-hybridized carbons (Fsp3) is 0.393. The Morgan fingerprint density at radius 2 is 2.00 bits per heavy atom. The molecule has 200 valence electrons. The smallest absolute Gasteiger partial charge is 0.264 e. The zero-order chi connectivity index (χ0) is 27.2. The van der Waals surface area contributed by atoms with Gasteiger partial charge in [0, 0.05) is 33.7 Å². The van der Waals surface area contributed by atoms with Gasteiger partial charge >= 0.3 is 0 Å². The summed E-state index contributed by atoms with van der Waals surface area (Å²) in [7, 11) is -2.75. The molecule has 1 fully saturated rings. The van der Waals surface area contributed by atoms with Gasteiger partial charge in [-0.15, -0.1) is 11.7 Å². The van der Waals surface area contributed by atoms with Crippen LogP contribution in [0.3, 0.4) is 0 Å². The first-order valence-electron chi connectivity index (χ1n) is 12.8. The van der Waals surface area contributed by atoms with E-state index >= 15 is 0 Å². The predicted molar refractivity (Wildman–Crippen MR) is 156 cm³/mol. The van der Waals surface area contributed by atoms with E-state index in [0.717, 1.165) is 20.4 Å². The van der Waals surface area contributed by atoms with Gasteiger partial charge in [0.05, 0.1) is 18.0 Å². The lowest BCUT2D eigenvalue weighted by Crippen LogP contribution is -2.46. The predicted octanol–water partition coefficient (Wildman–Crippen LogP) is 4.39. The van der Waals surface area contributed by atoms with E-state index in [0.29, 0.717) is 25.2 Å². The van der Waals surface area contributed by atoms with Crippen LogP contribution in [0.4, 0.5) is 5.69 Å². The lowest BCUT2D eigenvalue weighted by Gasteiger charge is -2.32. The first-order valence-corrected chi connectivity index (χ1v) is 16.9. The van der Waals surface area contributed by atoms with Crippen LogP contribution < -0.4 is 4.90 Å². The highest BCUT2D eigenvalue weighted by Crippen LogP contribution is 2.59. The van der Waals surface area contributed by atoms with Gasteiger partial charge in [0.25, 0.3) is 5.91 Å². The Balaban J connectivity index is 1.43. The van der Waals surface area contributed by atoms with E-state index in [2.05, 4.69) is 39.5 Å². The summed E-state index contributed by atoms with van der Waals surface area (Å²) in [6.45, 7) is 10.6. The van der Waals surface area contributed by atoms with Crippen molar-refractivity contribution in [2.45, 2.75) is 56.3 Å². The highest BCUT2D eigenvalue weighted by atomic mass is 127. The van der Waals surface area contributed by atoms with Gasteiger partial charge in [-0.3, -0.25) is 9.48 Å². The van der Waals surface area contributed by atoms with Crippen molar-refractivity contribution in [3.05, 3.63) is 87.8 Å². The van der Waals surface area contributed by atoms with Crippen molar-refractivity contribution in [2.75, 3.05) is 11.4 Å². The molecule has 1 amide bonds. The zero-order valence-corrected chi connectivity index (χ0v) is 24.9. The quantitative estimate of drug-likeness (QED) is 0.215. The maximum atomic E-state index is 14.0. The van der Waals surface area contributed by atoms with E-state index in [4.69, 9.17) is 4.74 Å². The van der Waals surface area contributed by atoms with Crippen molar-refractivity contribution in [1.82, 2.24) is 15.0 Å². The molecule has 1 spiro atoms. The number of anilines is 1. The van der Waals surface area contributed by atoms with Crippen LogP contribution >= 0.6 is 22.6 Å². The minimum atomic E-state index is -2.75. The largest absolute Gasteiger partial charge is 0.432 e. The number of aryl methyl sites for hydroxylation is 1. The third-order valence-corrected chi connectivity index (χ3v) is 11.0. The SMILES string of the molecule is C=CCN1C(=O)[C@@]2(O[C@@H](CCn3cc([C@H](O)c4ccccc4)nn3)[C@H]([Si](C)(C)O)[C@H]2C)c2cc(I)ccc21. The van der Waals surface area contributed by atoms with Crippen molar-refractivity contribution >= 4 is 42.5 Å². The van der Waals surface area contributed by atoms with E-state index in [1.165, 1.54) is 0 Å². The van der Waals surface area contributed by atoms with E-state index < -0.39 is 20.0 Å². The van der Waals surface area contributed by atoms with Crippen LogP contribution in [0, 0.1) is 9.49 Å². The second-order valence-corrected chi connectivity index (χ2v) is 16.0. The van der Waals surface area contributed by atoms with E-state index in [-0.39, 0.29) is 23.5 Å². The molecule has 0 saturated carbocycles. The number of carbonyl (C=O) groups is 1. The maximum Gasteiger partial charge on any atom is 0.264 e. The van der Waals surface area contributed by atoms with Crippen LogP contribution in [-0.4, -0.2) is 51.8 Å². The second kappa shape index (κ2) is 10.3. The van der Waals surface area contributed by atoms with Gasteiger partial charge in [0.15, 0.2) is 13.9 Å². The number of aromatic nitrogens is 3. The number of hydrogen-bond donors (Lipinski definition) is 2. The van der Waals surface area contributed by atoms with Crippen LogP contribution in [0.2, 0.25) is 18.6 Å². The minimum Gasteiger partial charge on any atom is -0.432 e.